The van der Waals surface area contributed by atoms with Crippen molar-refractivity contribution in [3.8, 4) is 22.5 Å². The maximum absolute atomic E-state index is 15.0. The Morgan fingerprint density at radius 3 is 2.46 bits per heavy atom. The van der Waals surface area contributed by atoms with Crippen LogP contribution in [0.3, 0.4) is 0 Å². The lowest BCUT2D eigenvalue weighted by Crippen LogP contribution is -2.61. The molecular weight excluding hydrogens is 668 g/mol. The SMILES string of the molecule is CC(C)(C)C[C@]1(c2ccc(-c3cnn(C(F)F)c3)cc2)N=C(N)N([C@H](COC(=O)N2CC3(CCC3)C2)c2ccc(Cl)c(-c3ncn[nH]3)c2)C1=O. The number of alkyl halides is 2. The summed E-state index contributed by atoms with van der Waals surface area (Å²) in [7, 11) is 0. The number of amides is 2. The smallest absolute Gasteiger partial charge is 0.409 e. The number of carbonyl (C=O) groups is 2. The first-order valence-corrected chi connectivity index (χ1v) is 16.8. The highest BCUT2D eigenvalue weighted by atomic mass is 35.5. The van der Waals surface area contributed by atoms with Crippen LogP contribution in [0.25, 0.3) is 22.5 Å². The van der Waals surface area contributed by atoms with Crippen LogP contribution < -0.4 is 5.73 Å². The minimum absolute atomic E-state index is 0.0314. The van der Waals surface area contributed by atoms with Crippen molar-refractivity contribution in [3.63, 3.8) is 0 Å². The molecule has 3 N–H and O–H groups in total. The summed E-state index contributed by atoms with van der Waals surface area (Å²) in [6, 6.07) is 11.4. The molecule has 2 amide bonds. The van der Waals surface area contributed by atoms with E-state index in [0.29, 0.717) is 62.9 Å². The van der Waals surface area contributed by atoms with Gasteiger partial charge in [-0.1, -0.05) is 69.1 Å². The van der Waals surface area contributed by atoms with E-state index in [4.69, 9.17) is 27.1 Å². The van der Waals surface area contributed by atoms with Crippen molar-refractivity contribution in [2.45, 2.75) is 64.6 Å². The van der Waals surface area contributed by atoms with E-state index in [2.05, 4.69) is 20.3 Å². The van der Waals surface area contributed by atoms with Crippen molar-refractivity contribution in [1.29, 1.82) is 0 Å². The van der Waals surface area contributed by atoms with Gasteiger partial charge < -0.3 is 15.4 Å². The van der Waals surface area contributed by atoms with Gasteiger partial charge in [0, 0.05) is 35.8 Å². The summed E-state index contributed by atoms with van der Waals surface area (Å²) in [6.45, 7) is 4.39. The van der Waals surface area contributed by atoms with Gasteiger partial charge in [0.2, 0.25) is 0 Å². The molecule has 1 saturated carbocycles. The Kier molecular flexibility index (Phi) is 8.40. The molecule has 0 bridgehead atoms. The van der Waals surface area contributed by atoms with Gasteiger partial charge in [0.05, 0.1) is 17.3 Å². The number of aliphatic imine (C=N–C) groups is 1. The second-order valence-corrected chi connectivity index (χ2v) is 15.1. The zero-order valence-corrected chi connectivity index (χ0v) is 28.7. The Labute approximate surface area is 292 Å². The summed E-state index contributed by atoms with van der Waals surface area (Å²) < 4.78 is 32.9. The lowest BCUT2D eigenvalue weighted by Gasteiger charge is -2.55. The number of halogens is 3. The molecule has 50 heavy (non-hydrogen) atoms. The third-order valence-electron chi connectivity index (χ3n) is 9.85. The van der Waals surface area contributed by atoms with E-state index in [1.54, 1.807) is 47.4 Å². The Bertz CT molecular complexity index is 1930. The largest absolute Gasteiger partial charge is 0.447 e. The average molecular weight is 706 g/mol. The summed E-state index contributed by atoms with van der Waals surface area (Å²) in [4.78, 5) is 40.4. The molecule has 1 spiro atoms. The monoisotopic (exact) mass is 705 g/mol. The van der Waals surface area contributed by atoms with E-state index in [0.717, 1.165) is 12.8 Å². The van der Waals surface area contributed by atoms with Gasteiger partial charge in [-0.2, -0.15) is 19.0 Å². The highest BCUT2D eigenvalue weighted by Gasteiger charge is 2.54. The number of aromatic amines is 1. The lowest BCUT2D eigenvalue weighted by atomic mass is 9.64. The van der Waals surface area contributed by atoms with Crippen LogP contribution >= 0.6 is 11.6 Å². The standard InChI is InChI=1S/C35H38ClF2N9O3/c1-33(2,3)17-35(24-8-5-21(6-9-24)23-14-42-46(15-23)30(37)38)29(48)47(31(39)43-35)27(16-50-32(49)45-18-34(19-45)11-4-12-34)22-7-10-26(36)25(13-22)28-40-20-41-44-28/h5-10,13-15,20,27,30H,4,11-12,16-19H2,1-3H3,(H2,39,43)(H,40,41,44)/t27-,35-/m1/s1. The Hall–Kier alpha value is -4.85. The van der Waals surface area contributed by atoms with Gasteiger partial charge in [-0.25, -0.2) is 19.5 Å². The number of nitrogens with two attached hydrogens (primary N) is 1. The minimum atomic E-state index is -2.76. The number of nitrogens with zero attached hydrogens (tertiary/aromatic N) is 7. The summed E-state index contributed by atoms with van der Waals surface area (Å²) >= 11 is 6.57. The van der Waals surface area contributed by atoms with Gasteiger partial charge in [0.15, 0.2) is 17.3 Å². The molecule has 2 atom stereocenters. The van der Waals surface area contributed by atoms with E-state index in [1.165, 1.54) is 30.0 Å². The maximum atomic E-state index is 15.0. The zero-order valence-electron chi connectivity index (χ0n) is 27.9. The van der Waals surface area contributed by atoms with Gasteiger partial charge in [-0.3, -0.25) is 14.8 Å². The number of nitrogens with one attached hydrogen (secondary N) is 1. The lowest BCUT2D eigenvalue weighted by molar-refractivity contribution is -0.135. The molecule has 1 saturated heterocycles. The molecule has 0 unspecified atom stereocenters. The van der Waals surface area contributed by atoms with Crippen LogP contribution in [0, 0.1) is 10.8 Å². The van der Waals surface area contributed by atoms with Gasteiger partial charge in [-0.15, -0.1) is 0 Å². The van der Waals surface area contributed by atoms with Crippen molar-refractivity contribution in [2.75, 3.05) is 19.7 Å². The fraction of sp³-hybridized carbons (Fsp3) is 0.429. The van der Waals surface area contributed by atoms with Gasteiger partial charge >= 0.3 is 12.6 Å². The molecule has 2 aromatic carbocycles. The number of likely N-dealkylation sites (tertiary alicyclic amines) is 1. The quantitative estimate of drug-likeness (QED) is 0.201. The topological polar surface area (TPSA) is 148 Å². The van der Waals surface area contributed by atoms with E-state index < -0.39 is 30.1 Å². The molecule has 4 aromatic rings. The van der Waals surface area contributed by atoms with Crippen LogP contribution in [0.5, 0.6) is 0 Å². The van der Waals surface area contributed by atoms with Crippen molar-refractivity contribution in [1.82, 2.24) is 34.8 Å². The number of benzene rings is 2. The first-order valence-electron chi connectivity index (χ1n) is 16.5. The number of rotatable bonds is 9. The van der Waals surface area contributed by atoms with Crippen molar-refractivity contribution < 1.29 is 23.1 Å². The number of guanidine groups is 1. The number of hydrogen-bond donors (Lipinski definition) is 2. The number of H-pyrrole nitrogens is 1. The highest BCUT2D eigenvalue weighted by molar-refractivity contribution is 6.33. The predicted octanol–water partition coefficient (Wildman–Crippen LogP) is 6.54. The van der Waals surface area contributed by atoms with E-state index >= 15 is 0 Å². The molecule has 4 heterocycles. The van der Waals surface area contributed by atoms with Crippen LogP contribution in [0.1, 0.15) is 70.2 Å². The first-order chi connectivity index (χ1) is 23.8. The summed E-state index contributed by atoms with van der Waals surface area (Å²) in [5.74, 6) is 0.00326. The van der Waals surface area contributed by atoms with Crippen molar-refractivity contribution in [2.24, 2.45) is 21.6 Å². The molecule has 3 aliphatic rings. The molecule has 15 heteroatoms. The van der Waals surface area contributed by atoms with E-state index in [9.17, 15) is 18.4 Å². The molecule has 0 radical (unpaired) electrons. The molecular formula is C35H38ClF2N9O3. The van der Waals surface area contributed by atoms with Gasteiger partial charge in [0.1, 0.15) is 12.9 Å². The Morgan fingerprint density at radius 2 is 1.86 bits per heavy atom. The van der Waals surface area contributed by atoms with E-state index in [-0.39, 0.29) is 23.4 Å². The van der Waals surface area contributed by atoms with Crippen LogP contribution in [0.15, 0.2) is 66.2 Å². The molecule has 12 nitrogen and oxygen atoms in total. The van der Waals surface area contributed by atoms with E-state index in [1.807, 2.05) is 20.8 Å². The van der Waals surface area contributed by atoms with Crippen LogP contribution in [-0.4, -0.2) is 72.4 Å². The Balaban J connectivity index is 1.24. The van der Waals surface area contributed by atoms with Gasteiger partial charge in [-0.05, 0) is 53.5 Å². The molecule has 2 aliphatic heterocycles. The highest BCUT2D eigenvalue weighted by Crippen LogP contribution is 2.49. The second-order valence-electron chi connectivity index (χ2n) is 14.7. The normalized spacial score (nSPS) is 20.5. The van der Waals surface area contributed by atoms with Crippen LogP contribution in [0.2, 0.25) is 5.02 Å². The molecule has 7 rings (SSSR count). The number of carbonyl (C=O) groups excluding carboxylic acids is 2. The fourth-order valence-corrected chi connectivity index (χ4v) is 7.53. The summed E-state index contributed by atoms with van der Waals surface area (Å²) in [5.41, 5.74) is 7.95. The minimum Gasteiger partial charge on any atom is -0.447 e. The average Bonchev–Trinajstić information content (AvgIpc) is 3.78. The molecule has 1 aliphatic carbocycles. The third kappa shape index (κ3) is 6.10. The third-order valence-corrected chi connectivity index (χ3v) is 10.2. The summed E-state index contributed by atoms with van der Waals surface area (Å²) in [6.07, 6.45) is 7.23. The molecule has 2 fully saturated rings. The zero-order chi connectivity index (χ0) is 35.4. The number of ether oxygens (including phenoxy) is 1. The maximum Gasteiger partial charge on any atom is 0.409 e. The number of hydrogen-bond acceptors (Lipinski definition) is 8. The van der Waals surface area contributed by atoms with Gasteiger partial charge in [0.25, 0.3) is 5.91 Å². The first kappa shape index (κ1) is 33.6. The number of aromatic nitrogens is 5. The molecule has 262 valence electrons. The van der Waals surface area contributed by atoms with Crippen molar-refractivity contribution >= 4 is 29.6 Å². The van der Waals surface area contributed by atoms with Crippen LogP contribution in [0.4, 0.5) is 13.6 Å². The second kappa shape index (κ2) is 12.5. The summed E-state index contributed by atoms with van der Waals surface area (Å²) in [5, 5.41) is 10.9. The van der Waals surface area contributed by atoms with Crippen LogP contribution in [-0.2, 0) is 15.1 Å². The predicted molar refractivity (Wildman–Crippen MR) is 182 cm³/mol. The fourth-order valence-electron chi connectivity index (χ4n) is 7.32. The van der Waals surface area contributed by atoms with Crippen molar-refractivity contribution in [3.05, 3.63) is 77.3 Å². The Morgan fingerprint density at radius 1 is 1.12 bits per heavy atom. The molecule has 2 aromatic heterocycles.